The monoisotopic (exact) mass is 230 g/mol. The zero-order valence-electron chi connectivity index (χ0n) is 10.9. The summed E-state index contributed by atoms with van der Waals surface area (Å²) in [5.74, 6) is 0.259. The van der Waals surface area contributed by atoms with E-state index < -0.39 is 0 Å². The Labute approximate surface area is 98.8 Å². The van der Waals surface area contributed by atoms with Gasteiger partial charge in [-0.1, -0.05) is 13.8 Å². The number of nitrogens with zero attached hydrogens (tertiary/aromatic N) is 1. The summed E-state index contributed by atoms with van der Waals surface area (Å²) in [6, 6.07) is 0.159. The first-order chi connectivity index (χ1) is 7.45. The maximum atomic E-state index is 12.2. The SMILES string of the molecule is CC(C)C(CN)C(=O)N(CCCO)C(C)C. The van der Waals surface area contributed by atoms with Gasteiger partial charge in [0.15, 0.2) is 0 Å². The van der Waals surface area contributed by atoms with E-state index in [1.165, 1.54) is 0 Å². The summed E-state index contributed by atoms with van der Waals surface area (Å²) in [4.78, 5) is 14.0. The van der Waals surface area contributed by atoms with Crippen LogP contribution in [0.1, 0.15) is 34.1 Å². The summed E-state index contributed by atoms with van der Waals surface area (Å²) in [5.41, 5.74) is 5.64. The van der Waals surface area contributed by atoms with Crippen molar-refractivity contribution in [2.24, 2.45) is 17.6 Å². The predicted octanol–water partition coefficient (Wildman–Crippen LogP) is 0.837. The van der Waals surface area contributed by atoms with E-state index in [1.807, 2.05) is 32.6 Å². The van der Waals surface area contributed by atoms with Crippen LogP contribution in [0.25, 0.3) is 0 Å². The molecule has 0 radical (unpaired) electrons. The van der Waals surface area contributed by atoms with Gasteiger partial charge in [0.2, 0.25) is 5.91 Å². The Morgan fingerprint density at radius 1 is 1.31 bits per heavy atom. The Morgan fingerprint density at radius 3 is 2.19 bits per heavy atom. The molecule has 0 aliphatic rings. The topological polar surface area (TPSA) is 66.6 Å². The molecule has 0 saturated carbocycles. The molecule has 0 aliphatic heterocycles. The number of carbonyl (C=O) groups excluding carboxylic acids is 1. The van der Waals surface area contributed by atoms with E-state index in [1.54, 1.807) is 0 Å². The Balaban J connectivity index is 4.58. The summed E-state index contributed by atoms with van der Waals surface area (Å²) >= 11 is 0. The van der Waals surface area contributed by atoms with Crippen LogP contribution in [0.15, 0.2) is 0 Å². The third-order valence-corrected chi connectivity index (χ3v) is 2.84. The lowest BCUT2D eigenvalue weighted by atomic mass is 9.94. The van der Waals surface area contributed by atoms with E-state index in [0.29, 0.717) is 19.5 Å². The van der Waals surface area contributed by atoms with Crippen LogP contribution >= 0.6 is 0 Å². The largest absolute Gasteiger partial charge is 0.396 e. The molecular weight excluding hydrogens is 204 g/mol. The standard InChI is InChI=1S/C12H26N2O2/c1-9(2)11(8-13)12(16)14(10(3)4)6-5-7-15/h9-11,15H,5-8,13H2,1-4H3. The number of rotatable bonds is 7. The molecule has 0 aromatic rings. The van der Waals surface area contributed by atoms with Crippen LogP contribution in [-0.2, 0) is 4.79 Å². The lowest BCUT2D eigenvalue weighted by Crippen LogP contribution is -2.45. The van der Waals surface area contributed by atoms with Crippen molar-refractivity contribution in [3.05, 3.63) is 0 Å². The Bertz CT molecular complexity index is 205. The molecule has 4 nitrogen and oxygen atoms in total. The number of nitrogens with two attached hydrogens (primary N) is 1. The van der Waals surface area contributed by atoms with Gasteiger partial charge in [0.25, 0.3) is 0 Å². The highest BCUT2D eigenvalue weighted by Crippen LogP contribution is 2.15. The van der Waals surface area contributed by atoms with Gasteiger partial charge in [0.1, 0.15) is 0 Å². The normalized spacial score (nSPS) is 13.2. The molecule has 0 bridgehead atoms. The van der Waals surface area contributed by atoms with Crippen molar-refractivity contribution in [2.45, 2.75) is 40.2 Å². The fourth-order valence-electron chi connectivity index (χ4n) is 1.74. The zero-order chi connectivity index (χ0) is 12.7. The van der Waals surface area contributed by atoms with Crippen molar-refractivity contribution in [2.75, 3.05) is 19.7 Å². The molecule has 16 heavy (non-hydrogen) atoms. The summed E-state index contributed by atoms with van der Waals surface area (Å²) in [6.45, 7) is 9.12. The number of hydrogen-bond acceptors (Lipinski definition) is 3. The molecule has 4 heteroatoms. The number of aliphatic hydroxyl groups excluding tert-OH is 1. The van der Waals surface area contributed by atoms with Crippen LogP contribution < -0.4 is 5.73 Å². The van der Waals surface area contributed by atoms with Crippen LogP contribution in [0, 0.1) is 11.8 Å². The molecule has 1 unspecified atom stereocenters. The smallest absolute Gasteiger partial charge is 0.227 e. The van der Waals surface area contributed by atoms with Crippen LogP contribution in [0.3, 0.4) is 0 Å². The molecule has 0 aromatic carbocycles. The molecule has 0 fully saturated rings. The van der Waals surface area contributed by atoms with Gasteiger partial charge in [-0.05, 0) is 26.2 Å². The van der Waals surface area contributed by atoms with E-state index >= 15 is 0 Å². The van der Waals surface area contributed by atoms with Crippen molar-refractivity contribution >= 4 is 5.91 Å². The summed E-state index contributed by atoms with van der Waals surface area (Å²) in [6.07, 6.45) is 0.624. The predicted molar refractivity (Wildman–Crippen MR) is 65.9 cm³/mol. The minimum absolute atomic E-state index is 0.110. The van der Waals surface area contributed by atoms with Crippen molar-refractivity contribution in [3.63, 3.8) is 0 Å². The molecular formula is C12H26N2O2. The van der Waals surface area contributed by atoms with Crippen molar-refractivity contribution in [1.29, 1.82) is 0 Å². The quantitative estimate of drug-likeness (QED) is 0.681. The van der Waals surface area contributed by atoms with E-state index in [-0.39, 0.29) is 30.4 Å². The first-order valence-electron chi connectivity index (χ1n) is 6.07. The van der Waals surface area contributed by atoms with Crippen LogP contribution in [0.2, 0.25) is 0 Å². The minimum Gasteiger partial charge on any atom is -0.396 e. The van der Waals surface area contributed by atoms with Gasteiger partial charge in [-0.3, -0.25) is 4.79 Å². The zero-order valence-corrected chi connectivity index (χ0v) is 10.9. The van der Waals surface area contributed by atoms with Crippen LogP contribution in [-0.4, -0.2) is 41.7 Å². The van der Waals surface area contributed by atoms with Gasteiger partial charge in [-0.15, -0.1) is 0 Å². The van der Waals surface area contributed by atoms with Crippen molar-refractivity contribution < 1.29 is 9.90 Å². The lowest BCUT2D eigenvalue weighted by molar-refractivity contribution is -0.138. The minimum atomic E-state index is -0.110. The first kappa shape index (κ1) is 15.4. The maximum Gasteiger partial charge on any atom is 0.227 e. The fourth-order valence-corrected chi connectivity index (χ4v) is 1.74. The average molecular weight is 230 g/mol. The highest BCUT2D eigenvalue weighted by molar-refractivity contribution is 5.79. The molecule has 0 rings (SSSR count). The van der Waals surface area contributed by atoms with E-state index in [2.05, 4.69) is 0 Å². The maximum absolute atomic E-state index is 12.2. The second-order valence-corrected chi connectivity index (χ2v) is 4.79. The second-order valence-electron chi connectivity index (χ2n) is 4.79. The van der Waals surface area contributed by atoms with Gasteiger partial charge < -0.3 is 15.7 Å². The van der Waals surface area contributed by atoms with Gasteiger partial charge in [-0.25, -0.2) is 0 Å². The number of aliphatic hydroxyl groups is 1. The molecule has 0 aliphatic carbocycles. The van der Waals surface area contributed by atoms with Gasteiger partial charge in [0.05, 0.1) is 5.92 Å². The van der Waals surface area contributed by atoms with E-state index in [9.17, 15) is 4.79 Å². The molecule has 0 saturated heterocycles. The lowest BCUT2D eigenvalue weighted by Gasteiger charge is -2.31. The van der Waals surface area contributed by atoms with Gasteiger partial charge >= 0.3 is 0 Å². The Kier molecular flexibility index (Phi) is 7.34. The van der Waals surface area contributed by atoms with E-state index in [0.717, 1.165) is 0 Å². The van der Waals surface area contributed by atoms with Crippen molar-refractivity contribution in [1.82, 2.24) is 4.90 Å². The van der Waals surface area contributed by atoms with Crippen LogP contribution in [0.5, 0.6) is 0 Å². The van der Waals surface area contributed by atoms with Crippen LogP contribution in [0.4, 0.5) is 0 Å². The Morgan fingerprint density at radius 2 is 1.88 bits per heavy atom. The third-order valence-electron chi connectivity index (χ3n) is 2.84. The molecule has 0 aromatic heterocycles. The molecule has 0 heterocycles. The summed E-state index contributed by atoms with van der Waals surface area (Å²) in [7, 11) is 0. The molecule has 1 atom stereocenters. The van der Waals surface area contributed by atoms with E-state index in [4.69, 9.17) is 10.8 Å². The fraction of sp³-hybridized carbons (Fsp3) is 0.917. The number of carbonyl (C=O) groups is 1. The number of amides is 1. The molecule has 3 N–H and O–H groups in total. The average Bonchev–Trinajstić information content (AvgIpc) is 2.18. The van der Waals surface area contributed by atoms with Gasteiger partial charge in [0, 0.05) is 25.7 Å². The molecule has 96 valence electrons. The third kappa shape index (κ3) is 4.49. The summed E-state index contributed by atoms with van der Waals surface area (Å²) < 4.78 is 0. The van der Waals surface area contributed by atoms with Gasteiger partial charge in [-0.2, -0.15) is 0 Å². The highest BCUT2D eigenvalue weighted by atomic mass is 16.3. The number of hydrogen-bond donors (Lipinski definition) is 2. The molecule has 0 spiro atoms. The second kappa shape index (κ2) is 7.63. The Hall–Kier alpha value is -0.610. The first-order valence-corrected chi connectivity index (χ1v) is 6.07. The van der Waals surface area contributed by atoms with Crippen molar-refractivity contribution in [3.8, 4) is 0 Å². The highest BCUT2D eigenvalue weighted by Gasteiger charge is 2.26. The summed E-state index contributed by atoms with van der Waals surface area (Å²) in [5, 5.41) is 8.82. The molecule has 1 amide bonds.